The number of fused-ring (bicyclic) bond motifs is 1. The van der Waals surface area contributed by atoms with Gasteiger partial charge >= 0.3 is 0 Å². The van der Waals surface area contributed by atoms with E-state index in [0.717, 1.165) is 5.39 Å². The van der Waals surface area contributed by atoms with E-state index in [2.05, 4.69) is 15.3 Å². The topological polar surface area (TPSA) is 97.2 Å². The maximum atomic E-state index is 13.0. The number of hydrogen-bond acceptors (Lipinski definition) is 6. The molecular formula is C22H27Cl2N5O3S. The molecule has 1 fully saturated rings. The highest BCUT2D eigenvalue weighted by Gasteiger charge is 2.30. The summed E-state index contributed by atoms with van der Waals surface area (Å²) in [5.74, 6) is 0.420. The number of halogens is 2. The van der Waals surface area contributed by atoms with Gasteiger partial charge < -0.3 is 5.32 Å². The zero-order valence-corrected chi connectivity index (χ0v) is 21.0. The number of piperidine rings is 1. The van der Waals surface area contributed by atoms with Crippen molar-refractivity contribution >= 4 is 51.0 Å². The van der Waals surface area contributed by atoms with Crippen LogP contribution in [0.25, 0.3) is 22.2 Å². The predicted molar refractivity (Wildman–Crippen MR) is 135 cm³/mol. The number of aromatic nitrogens is 3. The van der Waals surface area contributed by atoms with Crippen molar-refractivity contribution < 1.29 is 8.42 Å². The molecule has 0 unspecified atom stereocenters. The Morgan fingerprint density at radius 1 is 1.15 bits per heavy atom. The molecule has 178 valence electrons. The molecule has 1 aliphatic rings. The SMILES string of the molecule is CC(C)S(=O)(=O)N1CCC(Nc2ncc3cc(-c4ccccc4Cl)c(=O)n(C)c3n2)CC1.Cl. The zero-order valence-electron chi connectivity index (χ0n) is 18.7. The summed E-state index contributed by atoms with van der Waals surface area (Å²) in [5, 5.41) is 4.11. The lowest BCUT2D eigenvalue weighted by Crippen LogP contribution is -2.45. The minimum absolute atomic E-state index is 0. The first kappa shape index (κ1) is 25.4. The molecule has 11 heteroatoms. The highest BCUT2D eigenvalue weighted by atomic mass is 35.5. The largest absolute Gasteiger partial charge is 0.351 e. The van der Waals surface area contributed by atoms with Gasteiger partial charge in [0.15, 0.2) is 0 Å². The van der Waals surface area contributed by atoms with Crippen LogP contribution in [-0.4, -0.2) is 51.6 Å². The molecule has 1 N–H and O–H groups in total. The first-order valence-corrected chi connectivity index (χ1v) is 12.4. The summed E-state index contributed by atoms with van der Waals surface area (Å²) in [7, 11) is -1.56. The lowest BCUT2D eigenvalue weighted by atomic mass is 10.1. The molecule has 1 saturated heterocycles. The fourth-order valence-electron chi connectivity index (χ4n) is 3.92. The molecule has 0 radical (unpaired) electrons. The molecule has 0 atom stereocenters. The van der Waals surface area contributed by atoms with Gasteiger partial charge in [-0.25, -0.2) is 17.7 Å². The molecule has 8 nitrogen and oxygen atoms in total. The van der Waals surface area contributed by atoms with Crippen molar-refractivity contribution in [3.63, 3.8) is 0 Å². The van der Waals surface area contributed by atoms with Crippen molar-refractivity contribution in [2.24, 2.45) is 7.05 Å². The summed E-state index contributed by atoms with van der Waals surface area (Å²) in [6.45, 7) is 4.32. The van der Waals surface area contributed by atoms with Gasteiger partial charge in [-0.15, -0.1) is 12.4 Å². The average molecular weight is 512 g/mol. The average Bonchev–Trinajstić information content (AvgIpc) is 2.77. The Hall–Kier alpha value is -2.20. The summed E-state index contributed by atoms with van der Waals surface area (Å²) in [6.07, 6.45) is 3.01. The van der Waals surface area contributed by atoms with E-state index in [1.165, 1.54) is 4.57 Å². The van der Waals surface area contributed by atoms with Crippen LogP contribution in [0.3, 0.4) is 0 Å². The normalized spacial score (nSPS) is 15.5. The first-order valence-electron chi connectivity index (χ1n) is 10.6. The standard InChI is InChI=1S/C22H26ClN5O3S.ClH/c1-14(2)32(30,31)28-10-8-16(9-11-28)25-22-24-13-15-12-18(17-6-4-5-7-19(17)23)21(29)27(3)20(15)26-22;/h4-7,12-14,16H,8-11H2,1-3H3,(H,24,25,26);1H. The van der Waals surface area contributed by atoms with Crippen LogP contribution in [0.5, 0.6) is 0 Å². The summed E-state index contributed by atoms with van der Waals surface area (Å²) < 4.78 is 27.8. The summed E-state index contributed by atoms with van der Waals surface area (Å²) in [4.78, 5) is 22.0. The number of anilines is 1. The molecule has 3 aromatic rings. The van der Waals surface area contributed by atoms with Crippen molar-refractivity contribution in [1.82, 2.24) is 18.8 Å². The van der Waals surface area contributed by atoms with Crippen molar-refractivity contribution in [1.29, 1.82) is 0 Å². The Labute approximate surface area is 204 Å². The van der Waals surface area contributed by atoms with Gasteiger partial charge in [-0.05, 0) is 38.8 Å². The monoisotopic (exact) mass is 511 g/mol. The van der Waals surface area contributed by atoms with Gasteiger partial charge in [-0.2, -0.15) is 4.98 Å². The number of aryl methyl sites for hydroxylation is 1. The van der Waals surface area contributed by atoms with Gasteiger partial charge in [0, 0.05) is 53.9 Å². The Balaban J connectivity index is 0.00000306. The highest BCUT2D eigenvalue weighted by Crippen LogP contribution is 2.27. The Morgan fingerprint density at radius 3 is 2.45 bits per heavy atom. The van der Waals surface area contributed by atoms with E-state index in [4.69, 9.17) is 11.6 Å². The molecule has 0 aliphatic carbocycles. The second-order valence-electron chi connectivity index (χ2n) is 8.29. The third kappa shape index (κ3) is 5.01. The Morgan fingerprint density at radius 2 is 1.82 bits per heavy atom. The Bertz CT molecular complexity index is 1320. The number of hydrogen-bond donors (Lipinski definition) is 1. The quantitative estimate of drug-likeness (QED) is 0.560. The third-order valence-electron chi connectivity index (χ3n) is 5.86. The maximum absolute atomic E-state index is 13.0. The lowest BCUT2D eigenvalue weighted by Gasteiger charge is -2.32. The van der Waals surface area contributed by atoms with Gasteiger partial charge in [0.2, 0.25) is 16.0 Å². The minimum atomic E-state index is -3.24. The second-order valence-corrected chi connectivity index (χ2v) is 11.2. The van der Waals surface area contributed by atoms with Crippen LogP contribution in [0.15, 0.2) is 41.3 Å². The first-order chi connectivity index (χ1) is 15.2. The van der Waals surface area contributed by atoms with Gasteiger partial charge in [-0.3, -0.25) is 9.36 Å². The molecule has 2 aromatic heterocycles. The smallest absolute Gasteiger partial charge is 0.259 e. The van der Waals surface area contributed by atoms with Crippen LogP contribution in [0, 0.1) is 0 Å². The van der Waals surface area contributed by atoms with Crippen LogP contribution in [-0.2, 0) is 17.1 Å². The maximum Gasteiger partial charge on any atom is 0.259 e. The molecule has 0 saturated carbocycles. The summed E-state index contributed by atoms with van der Waals surface area (Å²) in [5.41, 5.74) is 1.49. The molecule has 0 bridgehead atoms. The number of nitrogens with zero attached hydrogens (tertiary/aromatic N) is 4. The molecule has 0 amide bonds. The number of pyridine rings is 1. The molecule has 33 heavy (non-hydrogen) atoms. The van der Waals surface area contributed by atoms with Crippen molar-refractivity contribution in [3.05, 3.63) is 51.9 Å². The summed E-state index contributed by atoms with van der Waals surface area (Å²) >= 11 is 6.29. The van der Waals surface area contributed by atoms with Crippen molar-refractivity contribution in [2.45, 2.75) is 38.0 Å². The van der Waals surface area contributed by atoms with Crippen molar-refractivity contribution in [2.75, 3.05) is 18.4 Å². The van der Waals surface area contributed by atoms with E-state index in [-0.39, 0.29) is 24.0 Å². The van der Waals surface area contributed by atoms with E-state index < -0.39 is 15.3 Å². The molecule has 0 spiro atoms. The van der Waals surface area contributed by atoms with Crippen LogP contribution < -0.4 is 10.9 Å². The number of rotatable bonds is 5. The molecule has 1 aromatic carbocycles. The molecule has 1 aliphatic heterocycles. The third-order valence-corrected chi connectivity index (χ3v) is 8.46. The van der Waals surface area contributed by atoms with Gasteiger partial charge in [0.1, 0.15) is 5.65 Å². The van der Waals surface area contributed by atoms with Crippen LogP contribution in [0.2, 0.25) is 5.02 Å². The highest BCUT2D eigenvalue weighted by molar-refractivity contribution is 7.89. The number of nitrogens with one attached hydrogen (secondary N) is 1. The fraction of sp³-hybridized carbons (Fsp3) is 0.409. The minimum Gasteiger partial charge on any atom is -0.351 e. The van der Waals surface area contributed by atoms with Crippen LogP contribution >= 0.6 is 24.0 Å². The van der Waals surface area contributed by atoms with Gasteiger partial charge in [-0.1, -0.05) is 29.8 Å². The van der Waals surface area contributed by atoms with Crippen LogP contribution in [0.1, 0.15) is 26.7 Å². The van der Waals surface area contributed by atoms with Crippen molar-refractivity contribution in [3.8, 4) is 11.1 Å². The van der Waals surface area contributed by atoms with E-state index in [1.807, 2.05) is 18.2 Å². The Kier molecular flexibility index (Phi) is 7.68. The molecule has 3 heterocycles. The second kappa shape index (κ2) is 9.97. The fourth-order valence-corrected chi connectivity index (χ4v) is 5.48. The zero-order chi connectivity index (χ0) is 23.0. The van der Waals surface area contributed by atoms with Gasteiger partial charge in [0.25, 0.3) is 5.56 Å². The lowest BCUT2D eigenvalue weighted by molar-refractivity contribution is 0.326. The molecule has 4 rings (SSSR count). The van der Waals surface area contributed by atoms with E-state index in [1.54, 1.807) is 43.5 Å². The number of benzene rings is 1. The van der Waals surface area contributed by atoms with Gasteiger partial charge in [0.05, 0.1) is 5.25 Å². The van der Waals surface area contributed by atoms with E-state index in [9.17, 15) is 13.2 Å². The van der Waals surface area contributed by atoms with Crippen LogP contribution in [0.4, 0.5) is 5.95 Å². The van der Waals surface area contributed by atoms with E-state index in [0.29, 0.717) is 53.7 Å². The number of sulfonamides is 1. The molecular weight excluding hydrogens is 485 g/mol. The summed E-state index contributed by atoms with van der Waals surface area (Å²) in [6, 6.07) is 9.05. The van der Waals surface area contributed by atoms with E-state index >= 15 is 0 Å². The predicted octanol–water partition coefficient (Wildman–Crippen LogP) is 3.69.